The Labute approximate surface area is 116 Å². The molecule has 2 aromatic rings. The highest BCUT2D eigenvalue weighted by Crippen LogP contribution is 2.11. The second-order valence-corrected chi connectivity index (χ2v) is 4.40. The molecule has 20 heavy (non-hydrogen) atoms. The molecule has 0 amide bonds. The van der Waals surface area contributed by atoms with Crippen LogP contribution in [0.5, 0.6) is 0 Å². The number of carbonyl (C=O) groups is 1. The summed E-state index contributed by atoms with van der Waals surface area (Å²) in [6.07, 6.45) is 3.11. The molecule has 0 heterocycles. The number of hydrogen-bond acceptors (Lipinski definition) is 2. The van der Waals surface area contributed by atoms with Gasteiger partial charge in [-0.15, -0.1) is 0 Å². The van der Waals surface area contributed by atoms with E-state index in [0.29, 0.717) is 16.7 Å². The Balaban J connectivity index is 2.15. The molecular weight excluding hydrogens is 253 g/mol. The lowest BCUT2D eigenvalue weighted by Crippen LogP contribution is -1.96. The van der Waals surface area contributed by atoms with Crippen molar-refractivity contribution in [3.05, 3.63) is 76.6 Å². The highest BCUT2D eigenvalue weighted by atomic mass is 19.1. The minimum atomic E-state index is -0.322. The van der Waals surface area contributed by atoms with Gasteiger partial charge in [0, 0.05) is 5.56 Å². The van der Waals surface area contributed by atoms with Crippen molar-refractivity contribution in [2.75, 3.05) is 0 Å². The fourth-order valence-electron chi connectivity index (χ4n) is 1.73. The first kappa shape index (κ1) is 13.7. The Hall–Kier alpha value is -2.73. The highest BCUT2D eigenvalue weighted by Gasteiger charge is 2.04. The molecule has 0 aromatic heterocycles. The van der Waals surface area contributed by atoms with Crippen LogP contribution >= 0.6 is 0 Å². The van der Waals surface area contributed by atoms with Crippen molar-refractivity contribution in [2.45, 2.75) is 6.92 Å². The average Bonchev–Trinajstić information content (AvgIpc) is 2.48. The minimum Gasteiger partial charge on any atom is -0.289 e. The van der Waals surface area contributed by atoms with Crippen LogP contribution in [0.3, 0.4) is 0 Å². The third kappa shape index (κ3) is 3.18. The van der Waals surface area contributed by atoms with Gasteiger partial charge in [-0.2, -0.15) is 5.26 Å². The SMILES string of the molecule is Cc1cc(C(=O)/C=C/c2ccc(C#N)cc2)ccc1F. The van der Waals surface area contributed by atoms with Gasteiger partial charge >= 0.3 is 0 Å². The lowest BCUT2D eigenvalue weighted by atomic mass is 10.1. The quantitative estimate of drug-likeness (QED) is 0.623. The van der Waals surface area contributed by atoms with E-state index in [4.69, 9.17) is 5.26 Å². The number of ketones is 1. The number of hydrogen-bond donors (Lipinski definition) is 0. The largest absolute Gasteiger partial charge is 0.289 e. The minimum absolute atomic E-state index is 0.183. The molecule has 0 unspecified atom stereocenters. The van der Waals surface area contributed by atoms with Gasteiger partial charge in [-0.3, -0.25) is 4.79 Å². The van der Waals surface area contributed by atoms with Gasteiger partial charge in [0.05, 0.1) is 11.6 Å². The van der Waals surface area contributed by atoms with Crippen LogP contribution in [-0.4, -0.2) is 5.78 Å². The molecule has 0 atom stereocenters. The number of rotatable bonds is 3. The molecule has 0 fully saturated rings. The normalized spacial score (nSPS) is 10.4. The van der Waals surface area contributed by atoms with E-state index in [0.717, 1.165) is 5.56 Å². The number of aryl methyl sites for hydroxylation is 1. The molecule has 0 saturated heterocycles. The molecule has 0 aliphatic carbocycles. The van der Waals surface area contributed by atoms with E-state index in [1.165, 1.54) is 24.3 Å². The van der Waals surface area contributed by atoms with E-state index in [-0.39, 0.29) is 11.6 Å². The fraction of sp³-hybridized carbons (Fsp3) is 0.0588. The smallest absolute Gasteiger partial charge is 0.185 e. The van der Waals surface area contributed by atoms with Gasteiger partial charge in [0.1, 0.15) is 5.82 Å². The molecule has 0 saturated carbocycles. The van der Waals surface area contributed by atoms with Gasteiger partial charge in [0.2, 0.25) is 0 Å². The Kier molecular flexibility index (Phi) is 4.07. The van der Waals surface area contributed by atoms with Crippen LogP contribution in [0.2, 0.25) is 0 Å². The summed E-state index contributed by atoms with van der Waals surface area (Å²) in [5.41, 5.74) is 2.30. The van der Waals surface area contributed by atoms with E-state index in [9.17, 15) is 9.18 Å². The zero-order chi connectivity index (χ0) is 14.5. The molecule has 2 rings (SSSR count). The van der Waals surface area contributed by atoms with Crippen molar-refractivity contribution in [3.63, 3.8) is 0 Å². The van der Waals surface area contributed by atoms with Crippen molar-refractivity contribution < 1.29 is 9.18 Å². The highest BCUT2D eigenvalue weighted by molar-refractivity contribution is 6.06. The first-order valence-corrected chi connectivity index (χ1v) is 6.09. The summed E-state index contributed by atoms with van der Waals surface area (Å²) in [7, 11) is 0. The lowest BCUT2D eigenvalue weighted by molar-refractivity contribution is 0.104. The van der Waals surface area contributed by atoms with Crippen LogP contribution in [0, 0.1) is 24.1 Å². The predicted octanol–water partition coefficient (Wildman–Crippen LogP) is 3.90. The van der Waals surface area contributed by atoms with Gasteiger partial charge in [-0.05, 0) is 54.5 Å². The van der Waals surface area contributed by atoms with Gasteiger partial charge in [0.15, 0.2) is 5.78 Å². The Morgan fingerprint density at radius 2 is 1.90 bits per heavy atom. The van der Waals surface area contributed by atoms with E-state index >= 15 is 0 Å². The standard InChI is InChI=1S/C17H12FNO/c1-12-10-15(7-8-16(12)18)17(20)9-6-13-2-4-14(11-19)5-3-13/h2-10H,1H3/b9-6+. The maximum atomic E-state index is 13.1. The van der Waals surface area contributed by atoms with E-state index in [2.05, 4.69) is 0 Å². The van der Waals surface area contributed by atoms with Crippen LogP contribution in [0.15, 0.2) is 48.5 Å². The second kappa shape index (κ2) is 5.94. The second-order valence-electron chi connectivity index (χ2n) is 4.40. The molecule has 2 nitrogen and oxygen atoms in total. The summed E-state index contributed by atoms with van der Waals surface area (Å²) in [5, 5.41) is 8.69. The van der Waals surface area contributed by atoms with Crippen LogP contribution in [0.1, 0.15) is 27.0 Å². The van der Waals surface area contributed by atoms with Crippen molar-refractivity contribution in [1.82, 2.24) is 0 Å². The predicted molar refractivity (Wildman–Crippen MR) is 75.7 cm³/mol. The van der Waals surface area contributed by atoms with E-state index in [1.54, 1.807) is 37.3 Å². The number of carbonyl (C=O) groups excluding carboxylic acids is 1. The van der Waals surface area contributed by atoms with Crippen molar-refractivity contribution >= 4 is 11.9 Å². The first-order valence-electron chi connectivity index (χ1n) is 6.09. The zero-order valence-corrected chi connectivity index (χ0v) is 10.9. The van der Waals surface area contributed by atoms with Crippen molar-refractivity contribution in [2.24, 2.45) is 0 Å². The Morgan fingerprint density at radius 3 is 2.50 bits per heavy atom. The number of nitriles is 1. The number of halogens is 1. The average molecular weight is 265 g/mol. The summed E-state index contributed by atoms with van der Waals surface area (Å²) in [6.45, 7) is 1.62. The summed E-state index contributed by atoms with van der Waals surface area (Å²) in [5.74, 6) is -0.505. The van der Waals surface area contributed by atoms with Gasteiger partial charge in [-0.1, -0.05) is 18.2 Å². The van der Waals surface area contributed by atoms with E-state index < -0.39 is 0 Å². The van der Waals surface area contributed by atoms with E-state index in [1.807, 2.05) is 6.07 Å². The Morgan fingerprint density at radius 1 is 1.20 bits per heavy atom. The molecule has 2 aromatic carbocycles. The molecule has 0 aliphatic heterocycles. The number of nitrogens with zero attached hydrogens (tertiary/aromatic N) is 1. The van der Waals surface area contributed by atoms with Crippen LogP contribution < -0.4 is 0 Å². The Bertz CT molecular complexity index is 709. The summed E-state index contributed by atoms with van der Waals surface area (Å²) in [6, 6.07) is 13.2. The maximum Gasteiger partial charge on any atom is 0.185 e. The molecule has 3 heteroatoms. The summed E-state index contributed by atoms with van der Waals surface area (Å²) < 4.78 is 13.1. The first-order chi connectivity index (χ1) is 9.60. The number of allylic oxidation sites excluding steroid dienone is 1. The molecule has 98 valence electrons. The van der Waals surface area contributed by atoms with Crippen LogP contribution in [0.4, 0.5) is 4.39 Å². The van der Waals surface area contributed by atoms with Gasteiger partial charge < -0.3 is 0 Å². The van der Waals surface area contributed by atoms with Gasteiger partial charge in [0.25, 0.3) is 0 Å². The zero-order valence-electron chi connectivity index (χ0n) is 10.9. The topological polar surface area (TPSA) is 40.9 Å². The molecule has 0 bridgehead atoms. The third-order valence-electron chi connectivity index (χ3n) is 2.91. The molecule has 0 N–H and O–H groups in total. The number of benzene rings is 2. The summed E-state index contributed by atoms with van der Waals surface area (Å²) >= 11 is 0. The molecule has 0 aliphatic rings. The van der Waals surface area contributed by atoms with Crippen molar-refractivity contribution in [1.29, 1.82) is 5.26 Å². The van der Waals surface area contributed by atoms with Gasteiger partial charge in [-0.25, -0.2) is 4.39 Å². The maximum absolute atomic E-state index is 13.1. The lowest BCUT2D eigenvalue weighted by Gasteiger charge is -1.99. The van der Waals surface area contributed by atoms with Crippen molar-refractivity contribution in [3.8, 4) is 6.07 Å². The third-order valence-corrected chi connectivity index (χ3v) is 2.91. The molecular formula is C17H12FNO. The van der Waals surface area contributed by atoms with Crippen LogP contribution in [0.25, 0.3) is 6.08 Å². The fourth-order valence-corrected chi connectivity index (χ4v) is 1.73. The summed E-state index contributed by atoms with van der Waals surface area (Å²) in [4.78, 5) is 11.9. The molecule has 0 spiro atoms. The molecule has 0 radical (unpaired) electrons. The van der Waals surface area contributed by atoms with Crippen LogP contribution in [-0.2, 0) is 0 Å². The monoisotopic (exact) mass is 265 g/mol.